The molecular weight excluding hydrogens is 258 g/mol. The van der Waals surface area contributed by atoms with E-state index in [4.69, 9.17) is 21.1 Å². The summed E-state index contributed by atoms with van der Waals surface area (Å²) in [4.78, 5) is 10.4. The molecule has 0 saturated heterocycles. The van der Waals surface area contributed by atoms with E-state index in [0.29, 0.717) is 41.7 Å². The van der Waals surface area contributed by atoms with Gasteiger partial charge in [0.15, 0.2) is 11.5 Å². The van der Waals surface area contributed by atoms with E-state index >= 15 is 0 Å². The molecule has 18 heavy (non-hydrogen) atoms. The third kappa shape index (κ3) is 2.56. The van der Waals surface area contributed by atoms with E-state index in [1.165, 1.54) is 6.08 Å². The fourth-order valence-electron chi connectivity index (χ4n) is 1.69. The fourth-order valence-corrected chi connectivity index (χ4v) is 1.96. The van der Waals surface area contributed by atoms with Gasteiger partial charge in [0.05, 0.1) is 9.95 Å². The first kappa shape index (κ1) is 12.7. The summed E-state index contributed by atoms with van der Waals surface area (Å²) in [6.45, 7) is 2.64. The number of nitrogens with zero attached hydrogens (tertiary/aromatic N) is 1. The predicted octanol–water partition coefficient (Wildman–Crippen LogP) is 3.14. The van der Waals surface area contributed by atoms with E-state index in [1.54, 1.807) is 19.1 Å². The molecule has 0 fully saturated rings. The zero-order chi connectivity index (χ0) is 13.1. The summed E-state index contributed by atoms with van der Waals surface area (Å²) >= 11 is 6.05. The van der Waals surface area contributed by atoms with Crippen molar-refractivity contribution in [2.45, 2.75) is 13.3 Å². The number of hydrogen-bond acceptors (Lipinski definition) is 4. The lowest BCUT2D eigenvalue weighted by Crippen LogP contribution is -2.15. The molecule has 1 aliphatic rings. The van der Waals surface area contributed by atoms with Crippen molar-refractivity contribution < 1.29 is 14.4 Å². The molecule has 5 nitrogen and oxygen atoms in total. The van der Waals surface area contributed by atoms with Crippen LogP contribution in [0.25, 0.3) is 6.08 Å². The quantitative estimate of drug-likeness (QED) is 0.625. The van der Waals surface area contributed by atoms with Crippen molar-refractivity contribution in [1.29, 1.82) is 0 Å². The molecule has 0 aromatic heterocycles. The van der Waals surface area contributed by atoms with Crippen molar-refractivity contribution in [2.75, 3.05) is 13.2 Å². The van der Waals surface area contributed by atoms with Crippen LogP contribution in [-0.4, -0.2) is 18.1 Å². The Kier molecular flexibility index (Phi) is 3.72. The van der Waals surface area contributed by atoms with Crippen molar-refractivity contribution >= 4 is 17.7 Å². The molecule has 96 valence electrons. The van der Waals surface area contributed by atoms with Gasteiger partial charge >= 0.3 is 0 Å². The summed E-state index contributed by atoms with van der Waals surface area (Å²) in [5.41, 5.74) is 0.764. The van der Waals surface area contributed by atoms with Crippen molar-refractivity contribution in [3.8, 4) is 11.5 Å². The second-order valence-electron chi connectivity index (χ2n) is 3.77. The summed E-state index contributed by atoms with van der Waals surface area (Å²) in [6.07, 6.45) is 1.84. The van der Waals surface area contributed by atoms with Gasteiger partial charge in [0.25, 0.3) is 0 Å². The zero-order valence-electron chi connectivity index (χ0n) is 9.81. The molecule has 0 spiro atoms. The van der Waals surface area contributed by atoms with Gasteiger partial charge in [-0.3, -0.25) is 10.1 Å². The minimum Gasteiger partial charge on any atom is -0.486 e. The first-order chi connectivity index (χ1) is 8.61. The third-order valence-corrected chi connectivity index (χ3v) is 2.83. The number of fused-ring (bicyclic) bond motifs is 1. The van der Waals surface area contributed by atoms with Crippen LogP contribution >= 0.6 is 11.6 Å². The van der Waals surface area contributed by atoms with Crippen LogP contribution in [0.4, 0.5) is 0 Å². The number of hydrogen-bond donors (Lipinski definition) is 0. The first-order valence-corrected chi connectivity index (χ1v) is 5.93. The molecule has 0 N–H and O–H groups in total. The molecule has 0 aliphatic carbocycles. The van der Waals surface area contributed by atoms with Gasteiger partial charge in [-0.05, 0) is 17.7 Å². The first-order valence-electron chi connectivity index (χ1n) is 5.56. The lowest BCUT2D eigenvalue weighted by molar-refractivity contribution is -0.425. The van der Waals surface area contributed by atoms with E-state index in [2.05, 4.69) is 0 Å². The Bertz CT molecular complexity index is 513. The molecule has 1 heterocycles. The number of nitro groups is 1. The highest BCUT2D eigenvalue weighted by Gasteiger charge is 2.17. The molecule has 0 amide bonds. The van der Waals surface area contributed by atoms with Crippen LogP contribution in [0, 0.1) is 10.1 Å². The van der Waals surface area contributed by atoms with E-state index in [1.807, 2.05) is 0 Å². The maximum absolute atomic E-state index is 10.8. The van der Waals surface area contributed by atoms with Gasteiger partial charge in [-0.15, -0.1) is 0 Å². The normalized spacial score (nSPS) is 14.4. The van der Waals surface area contributed by atoms with Crippen molar-refractivity contribution in [3.63, 3.8) is 0 Å². The third-order valence-electron chi connectivity index (χ3n) is 2.55. The van der Waals surface area contributed by atoms with Crippen LogP contribution in [0.1, 0.15) is 18.9 Å². The van der Waals surface area contributed by atoms with Crippen LogP contribution in [0.3, 0.4) is 0 Å². The molecule has 0 atom stereocenters. The second kappa shape index (κ2) is 5.27. The topological polar surface area (TPSA) is 61.6 Å². The van der Waals surface area contributed by atoms with Gasteiger partial charge in [0.1, 0.15) is 13.2 Å². The van der Waals surface area contributed by atoms with Gasteiger partial charge in [-0.25, -0.2) is 0 Å². The number of allylic oxidation sites excluding steroid dienone is 1. The number of ether oxygens (including phenoxy) is 2. The molecule has 1 aromatic rings. The summed E-state index contributed by atoms with van der Waals surface area (Å²) < 4.78 is 10.8. The van der Waals surface area contributed by atoms with Crippen LogP contribution in [0.5, 0.6) is 11.5 Å². The Morgan fingerprint density at radius 1 is 1.50 bits per heavy atom. The maximum atomic E-state index is 10.8. The van der Waals surface area contributed by atoms with E-state index in [0.717, 1.165) is 0 Å². The molecule has 1 aliphatic heterocycles. The molecule has 6 heteroatoms. The van der Waals surface area contributed by atoms with E-state index in [-0.39, 0.29) is 5.70 Å². The molecule has 0 bridgehead atoms. The minimum atomic E-state index is -0.398. The van der Waals surface area contributed by atoms with Crippen LogP contribution in [0.2, 0.25) is 5.02 Å². The standard InChI is InChI=1S/C12H12ClNO4/c1-2-9(14(15)16)5-8-6-10(13)12-11(7-8)17-3-4-18-12/h5-7H,2-4H2,1H3/b9-5+. The van der Waals surface area contributed by atoms with Gasteiger partial charge in [-0.2, -0.15) is 0 Å². The lowest BCUT2D eigenvalue weighted by Gasteiger charge is -2.19. The van der Waals surface area contributed by atoms with Crippen molar-refractivity contribution in [3.05, 3.63) is 38.5 Å². The molecule has 2 rings (SSSR count). The Morgan fingerprint density at radius 3 is 2.89 bits per heavy atom. The van der Waals surface area contributed by atoms with Gasteiger partial charge in [0.2, 0.25) is 5.70 Å². The fraction of sp³-hybridized carbons (Fsp3) is 0.333. The Morgan fingerprint density at radius 2 is 2.22 bits per heavy atom. The van der Waals surface area contributed by atoms with E-state index in [9.17, 15) is 10.1 Å². The summed E-state index contributed by atoms with van der Waals surface area (Å²) in [5.74, 6) is 1.03. The zero-order valence-corrected chi connectivity index (χ0v) is 10.6. The largest absolute Gasteiger partial charge is 0.486 e. The smallest absolute Gasteiger partial charge is 0.246 e. The predicted molar refractivity (Wildman–Crippen MR) is 67.7 cm³/mol. The van der Waals surface area contributed by atoms with Crippen LogP contribution in [0.15, 0.2) is 17.8 Å². The van der Waals surface area contributed by atoms with Crippen LogP contribution in [-0.2, 0) is 0 Å². The number of halogens is 1. The SMILES string of the molecule is CC/C(=C\c1cc(Cl)c2c(c1)OCCO2)[N+](=O)[O-]. The molecule has 1 aromatic carbocycles. The summed E-state index contributed by atoms with van der Waals surface area (Å²) in [6, 6.07) is 3.33. The van der Waals surface area contributed by atoms with Gasteiger partial charge in [-0.1, -0.05) is 18.5 Å². The highest BCUT2D eigenvalue weighted by Crippen LogP contribution is 2.38. The Hall–Kier alpha value is -1.75. The molecule has 0 saturated carbocycles. The van der Waals surface area contributed by atoms with Crippen molar-refractivity contribution in [2.24, 2.45) is 0 Å². The average molecular weight is 270 g/mol. The lowest BCUT2D eigenvalue weighted by atomic mass is 10.1. The highest BCUT2D eigenvalue weighted by molar-refractivity contribution is 6.32. The monoisotopic (exact) mass is 269 g/mol. The Labute approximate surface area is 109 Å². The molecular formula is C12H12ClNO4. The van der Waals surface area contributed by atoms with Gasteiger partial charge in [0, 0.05) is 12.5 Å². The molecule has 0 radical (unpaired) electrons. The minimum absolute atomic E-state index is 0.128. The Balaban J connectivity index is 2.41. The highest BCUT2D eigenvalue weighted by atomic mass is 35.5. The van der Waals surface area contributed by atoms with Crippen LogP contribution < -0.4 is 9.47 Å². The number of benzene rings is 1. The number of rotatable bonds is 3. The second-order valence-corrected chi connectivity index (χ2v) is 4.18. The summed E-state index contributed by atoms with van der Waals surface area (Å²) in [7, 11) is 0. The van der Waals surface area contributed by atoms with Crippen molar-refractivity contribution in [1.82, 2.24) is 0 Å². The summed E-state index contributed by atoms with van der Waals surface area (Å²) in [5, 5.41) is 11.2. The maximum Gasteiger partial charge on any atom is 0.246 e. The average Bonchev–Trinajstić information content (AvgIpc) is 2.35. The van der Waals surface area contributed by atoms with E-state index < -0.39 is 4.92 Å². The molecule has 0 unspecified atom stereocenters. The van der Waals surface area contributed by atoms with Gasteiger partial charge < -0.3 is 9.47 Å².